The van der Waals surface area contributed by atoms with Crippen molar-refractivity contribution < 1.29 is 22.7 Å². The van der Waals surface area contributed by atoms with Crippen molar-refractivity contribution in [1.29, 1.82) is 0 Å². The van der Waals surface area contributed by atoms with Gasteiger partial charge in [-0.05, 0) is 53.2 Å². The first-order valence-corrected chi connectivity index (χ1v) is 9.52. The number of halogens is 1. The number of sulfonamides is 1. The minimum absolute atomic E-state index is 0.0321. The maximum absolute atomic E-state index is 13.1. The van der Waals surface area contributed by atoms with Crippen molar-refractivity contribution in [2.24, 2.45) is 0 Å². The van der Waals surface area contributed by atoms with Crippen LogP contribution in [-0.2, 0) is 19.6 Å². The Hall–Kier alpha value is -2.06. The molecule has 0 aliphatic carbocycles. The lowest BCUT2D eigenvalue weighted by Gasteiger charge is -2.23. The van der Waals surface area contributed by atoms with E-state index in [1.807, 2.05) is 6.92 Å². The van der Waals surface area contributed by atoms with E-state index >= 15 is 0 Å². The maximum atomic E-state index is 13.1. The molecule has 0 spiro atoms. The third-order valence-electron chi connectivity index (χ3n) is 3.53. The van der Waals surface area contributed by atoms with Crippen molar-refractivity contribution >= 4 is 37.6 Å². The van der Waals surface area contributed by atoms with Gasteiger partial charge in [0.05, 0.1) is 29.3 Å². The van der Waals surface area contributed by atoms with Crippen LogP contribution in [0.15, 0.2) is 51.8 Å². The van der Waals surface area contributed by atoms with Crippen molar-refractivity contribution in [3.8, 4) is 5.75 Å². The molecule has 0 radical (unpaired) electrons. The lowest BCUT2D eigenvalue weighted by molar-refractivity contribution is -0.138. The quantitative estimate of drug-likeness (QED) is 0.662. The van der Waals surface area contributed by atoms with Crippen LogP contribution >= 0.6 is 15.9 Å². The predicted molar refractivity (Wildman–Crippen MR) is 98.4 cm³/mol. The molecular weight excluding hydrogens is 410 g/mol. The van der Waals surface area contributed by atoms with Gasteiger partial charge in [0.15, 0.2) is 0 Å². The number of methoxy groups -OCH3 is 2. The lowest BCUT2D eigenvalue weighted by Crippen LogP contribution is -2.36. The molecule has 6 nitrogen and oxygen atoms in total. The molecule has 0 saturated heterocycles. The van der Waals surface area contributed by atoms with Crippen LogP contribution in [0.3, 0.4) is 0 Å². The summed E-state index contributed by atoms with van der Waals surface area (Å²) >= 11 is 3.28. The highest BCUT2D eigenvalue weighted by molar-refractivity contribution is 9.10. The summed E-state index contributed by atoms with van der Waals surface area (Å²) in [6, 6.07) is 11.3. The number of carbonyl (C=O) groups excluding carboxylic acids is 1. The number of carbonyl (C=O) groups is 1. The molecule has 2 aromatic carbocycles. The number of anilines is 1. The Morgan fingerprint density at radius 3 is 2.28 bits per heavy atom. The van der Waals surface area contributed by atoms with Gasteiger partial charge in [-0.3, -0.25) is 9.10 Å². The molecule has 0 bridgehead atoms. The summed E-state index contributed by atoms with van der Waals surface area (Å²) in [5, 5.41) is 0. The fourth-order valence-electron chi connectivity index (χ4n) is 2.14. The summed E-state index contributed by atoms with van der Waals surface area (Å²) in [6.45, 7) is 1.47. The minimum Gasteiger partial charge on any atom is -0.496 e. The second-order valence-electron chi connectivity index (χ2n) is 5.22. The van der Waals surface area contributed by atoms with Gasteiger partial charge in [0.1, 0.15) is 12.3 Å². The second-order valence-corrected chi connectivity index (χ2v) is 7.94. The number of hydrogen-bond acceptors (Lipinski definition) is 5. The molecule has 0 fully saturated rings. The monoisotopic (exact) mass is 427 g/mol. The number of esters is 1. The van der Waals surface area contributed by atoms with Crippen LogP contribution in [0.5, 0.6) is 5.75 Å². The molecule has 8 heteroatoms. The molecule has 0 aliphatic heterocycles. The molecule has 0 atom stereocenters. The van der Waals surface area contributed by atoms with Crippen LogP contribution in [-0.4, -0.2) is 35.2 Å². The second kappa shape index (κ2) is 7.88. The van der Waals surface area contributed by atoms with Crippen LogP contribution in [0, 0.1) is 6.92 Å². The average Bonchev–Trinajstić information content (AvgIpc) is 2.60. The van der Waals surface area contributed by atoms with Crippen LogP contribution in [0.1, 0.15) is 5.56 Å². The van der Waals surface area contributed by atoms with Gasteiger partial charge in [-0.2, -0.15) is 0 Å². The first kappa shape index (κ1) is 19.3. The van der Waals surface area contributed by atoms with Gasteiger partial charge in [-0.15, -0.1) is 0 Å². The Balaban J connectivity index is 2.52. The Bertz CT molecular complexity index is 865. The van der Waals surface area contributed by atoms with E-state index in [0.717, 1.165) is 9.87 Å². The number of benzene rings is 2. The SMILES string of the molecule is COC(=O)CN(c1ccc(C)cc1)S(=O)(=O)c1ccc(OC)c(Br)c1. The van der Waals surface area contributed by atoms with Crippen molar-refractivity contribution in [1.82, 2.24) is 0 Å². The van der Waals surface area contributed by atoms with E-state index in [9.17, 15) is 13.2 Å². The van der Waals surface area contributed by atoms with Crippen LogP contribution in [0.25, 0.3) is 0 Å². The maximum Gasteiger partial charge on any atom is 0.326 e. The third-order valence-corrected chi connectivity index (χ3v) is 5.92. The van der Waals surface area contributed by atoms with Crippen LogP contribution in [0.2, 0.25) is 0 Å². The number of aryl methyl sites for hydroxylation is 1. The number of rotatable bonds is 6. The first-order valence-electron chi connectivity index (χ1n) is 7.29. The van der Waals surface area contributed by atoms with Crippen molar-refractivity contribution in [2.75, 3.05) is 25.1 Å². The molecule has 0 amide bonds. The molecule has 2 aromatic rings. The van der Waals surface area contributed by atoms with Crippen molar-refractivity contribution in [2.45, 2.75) is 11.8 Å². The fourth-order valence-corrected chi connectivity index (χ4v) is 4.27. The molecule has 0 N–H and O–H groups in total. The Labute approximate surface area is 155 Å². The summed E-state index contributed by atoms with van der Waals surface area (Å²) in [7, 11) is -1.27. The van der Waals surface area contributed by atoms with Gasteiger partial charge in [0, 0.05) is 0 Å². The molecule has 2 rings (SSSR count). The highest BCUT2D eigenvalue weighted by Crippen LogP contribution is 2.30. The largest absolute Gasteiger partial charge is 0.496 e. The normalized spacial score (nSPS) is 11.0. The van der Waals surface area contributed by atoms with E-state index in [2.05, 4.69) is 20.7 Å². The number of ether oxygens (including phenoxy) is 2. The van der Waals surface area contributed by atoms with E-state index in [0.29, 0.717) is 15.9 Å². The van der Waals surface area contributed by atoms with E-state index in [4.69, 9.17) is 4.74 Å². The Morgan fingerprint density at radius 2 is 1.76 bits per heavy atom. The fraction of sp³-hybridized carbons (Fsp3) is 0.235. The van der Waals surface area contributed by atoms with Gasteiger partial charge in [0.25, 0.3) is 10.0 Å². The summed E-state index contributed by atoms with van der Waals surface area (Å²) < 4.78 is 37.4. The smallest absolute Gasteiger partial charge is 0.326 e. The van der Waals surface area contributed by atoms with Gasteiger partial charge in [0.2, 0.25) is 0 Å². The van der Waals surface area contributed by atoms with E-state index in [1.165, 1.54) is 26.4 Å². The Kier molecular flexibility index (Phi) is 6.07. The standard InChI is InChI=1S/C17H18BrNO5S/c1-12-4-6-13(7-5-12)19(11-17(20)24-3)25(21,22)14-8-9-16(23-2)15(18)10-14/h4-10H,11H2,1-3H3. The zero-order chi connectivity index (χ0) is 18.6. The summed E-state index contributed by atoms with van der Waals surface area (Å²) in [6.07, 6.45) is 0. The van der Waals surface area contributed by atoms with Gasteiger partial charge >= 0.3 is 5.97 Å². The van der Waals surface area contributed by atoms with E-state index in [-0.39, 0.29) is 4.90 Å². The lowest BCUT2D eigenvalue weighted by atomic mass is 10.2. The highest BCUT2D eigenvalue weighted by Gasteiger charge is 2.28. The van der Waals surface area contributed by atoms with Crippen molar-refractivity contribution in [3.05, 3.63) is 52.5 Å². The third kappa shape index (κ3) is 4.32. The molecule has 25 heavy (non-hydrogen) atoms. The zero-order valence-electron chi connectivity index (χ0n) is 14.0. The highest BCUT2D eigenvalue weighted by atomic mass is 79.9. The van der Waals surface area contributed by atoms with Crippen LogP contribution < -0.4 is 9.04 Å². The van der Waals surface area contributed by atoms with Crippen LogP contribution in [0.4, 0.5) is 5.69 Å². The van der Waals surface area contributed by atoms with E-state index < -0.39 is 22.5 Å². The van der Waals surface area contributed by atoms with Gasteiger partial charge in [-0.25, -0.2) is 8.42 Å². The predicted octanol–water partition coefficient (Wildman–Crippen LogP) is 3.13. The molecule has 0 aromatic heterocycles. The summed E-state index contributed by atoms with van der Waals surface area (Å²) in [5.41, 5.74) is 1.36. The molecule has 0 heterocycles. The summed E-state index contributed by atoms with van der Waals surface area (Å²) in [5.74, 6) is -0.148. The average molecular weight is 428 g/mol. The molecule has 0 unspecified atom stereocenters. The molecule has 134 valence electrons. The summed E-state index contributed by atoms with van der Waals surface area (Å²) in [4.78, 5) is 11.8. The molecule has 0 saturated carbocycles. The van der Waals surface area contributed by atoms with Crippen molar-refractivity contribution in [3.63, 3.8) is 0 Å². The minimum atomic E-state index is -3.97. The molecule has 0 aliphatic rings. The zero-order valence-corrected chi connectivity index (χ0v) is 16.4. The topological polar surface area (TPSA) is 72.9 Å². The number of nitrogens with zero attached hydrogens (tertiary/aromatic N) is 1. The number of hydrogen-bond donors (Lipinski definition) is 0. The van der Waals surface area contributed by atoms with Gasteiger partial charge < -0.3 is 9.47 Å². The molecular formula is C17H18BrNO5S. The first-order chi connectivity index (χ1) is 11.8. The van der Waals surface area contributed by atoms with E-state index in [1.54, 1.807) is 30.3 Å². The Morgan fingerprint density at radius 1 is 1.12 bits per heavy atom. The van der Waals surface area contributed by atoms with Gasteiger partial charge in [-0.1, -0.05) is 17.7 Å².